The lowest BCUT2D eigenvalue weighted by Crippen LogP contribution is -2.37. The monoisotopic (exact) mass is 384 g/mol. The van der Waals surface area contributed by atoms with Crippen LogP contribution in [0.4, 0.5) is 4.39 Å². The van der Waals surface area contributed by atoms with Gasteiger partial charge in [0.2, 0.25) is 5.91 Å². The Balaban J connectivity index is 1.47. The number of carboxylic acids is 1. The van der Waals surface area contributed by atoms with Crippen molar-refractivity contribution in [3.05, 3.63) is 71.0 Å². The van der Waals surface area contributed by atoms with Crippen molar-refractivity contribution in [2.75, 3.05) is 19.6 Å². The first-order valence-electron chi connectivity index (χ1n) is 9.58. The molecular formula is C22H25FN2O3. The second-order valence-corrected chi connectivity index (χ2v) is 7.22. The second kappa shape index (κ2) is 9.46. The smallest absolute Gasteiger partial charge is 0.335 e. The Bertz CT molecular complexity index is 823. The van der Waals surface area contributed by atoms with Gasteiger partial charge in [0.25, 0.3) is 0 Å². The van der Waals surface area contributed by atoms with Crippen LogP contribution >= 0.6 is 0 Å². The van der Waals surface area contributed by atoms with Crippen molar-refractivity contribution in [1.82, 2.24) is 10.2 Å². The van der Waals surface area contributed by atoms with Crippen LogP contribution in [0.15, 0.2) is 48.5 Å². The van der Waals surface area contributed by atoms with Gasteiger partial charge >= 0.3 is 5.97 Å². The summed E-state index contributed by atoms with van der Waals surface area (Å²) < 4.78 is 12.9. The van der Waals surface area contributed by atoms with E-state index in [0.717, 1.165) is 37.1 Å². The molecular weight excluding hydrogens is 359 g/mol. The average Bonchev–Trinajstić information content (AvgIpc) is 2.72. The van der Waals surface area contributed by atoms with Crippen molar-refractivity contribution < 1.29 is 19.1 Å². The number of nitrogens with zero attached hydrogens (tertiary/aromatic N) is 1. The Morgan fingerprint density at radius 1 is 1.18 bits per heavy atom. The van der Waals surface area contributed by atoms with Crippen LogP contribution in [0.5, 0.6) is 0 Å². The summed E-state index contributed by atoms with van der Waals surface area (Å²) in [4.78, 5) is 25.6. The van der Waals surface area contributed by atoms with E-state index in [2.05, 4.69) is 10.2 Å². The second-order valence-electron chi connectivity index (χ2n) is 7.22. The number of carbonyl (C=O) groups is 2. The topological polar surface area (TPSA) is 69.6 Å². The third-order valence-corrected chi connectivity index (χ3v) is 5.17. The zero-order valence-electron chi connectivity index (χ0n) is 15.7. The Labute approximate surface area is 164 Å². The molecule has 5 nitrogen and oxygen atoms in total. The van der Waals surface area contributed by atoms with Crippen molar-refractivity contribution in [1.29, 1.82) is 0 Å². The van der Waals surface area contributed by atoms with E-state index in [4.69, 9.17) is 0 Å². The molecule has 0 aliphatic carbocycles. The van der Waals surface area contributed by atoms with Gasteiger partial charge in [-0.05, 0) is 60.7 Å². The van der Waals surface area contributed by atoms with Crippen LogP contribution in [0.2, 0.25) is 0 Å². The molecule has 2 N–H and O–H groups in total. The minimum atomic E-state index is -0.910. The van der Waals surface area contributed by atoms with Crippen molar-refractivity contribution in [2.45, 2.75) is 31.7 Å². The van der Waals surface area contributed by atoms with E-state index in [-0.39, 0.29) is 17.6 Å². The van der Waals surface area contributed by atoms with Gasteiger partial charge in [-0.1, -0.05) is 24.3 Å². The molecule has 0 aromatic heterocycles. The number of hydrogen-bond acceptors (Lipinski definition) is 3. The fraction of sp³-hybridized carbons (Fsp3) is 0.364. The summed E-state index contributed by atoms with van der Waals surface area (Å²) in [5.74, 6) is -0.939. The molecule has 1 heterocycles. The maximum absolute atomic E-state index is 12.9. The van der Waals surface area contributed by atoms with Gasteiger partial charge in [-0.15, -0.1) is 0 Å². The summed E-state index contributed by atoms with van der Waals surface area (Å²) in [6.07, 6.45) is 2.46. The lowest BCUT2D eigenvalue weighted by atomic mass is 9.89. The Hall–Kier alpha value is -2.73. The summed E-state index contributed by atoms with van der Waals surface area (Å²) in [7, 11) is 0. The highest BCUT2D eigenvalue weighted by Gasteiger charge is 2.22. The Morgan fingerprint density at radius 2 is 1.96 bits per heavy atom. The maximum atomic E-state index is 12.9. The zero-order chi connectivity index (χ0) is 19.9. The van der Waals surface area contributed by atoms with Gasteiger partial charge in [0, 0.05) is 26.1 Å². The first-order valence-corrected chi connectivity index (χ1v) is 9.58. The van der Waals surface area contributed by atoms with E-state index in [1.54, 1.807) is 30.3 Å². The molecule has 1 fully saturated rings. The summed E-state index contributed by atoms with van der Waals surface area (Å²) in [6, 6.07) is 13.2. The molecule has 1 atom stereocenters. The molecule has 1 amide bonds. The maximum Gasteiger partial charge on any atom is 0.335 e. The van der Waals surface area contributed by atoms with Crippen LogP contribution in [0.25, 0.3) is 0 Å². The SMILES string of the molecule is O=C(CCN1CCCC(c2cccc(C(=O)O)c2)C1)NCc1ccc(F)cc1. The molecule has 1 unspecified atom stereocenters. The fourth-order valence-electron chi connectivity index (χ4n) is 3.61. The number of nitrogens with one attached hydrogen (secondary N) is 1. The number of benzene rings is 2. The van der Waals surface area contributed by atoms with Gasteiger partial charge in [-0.2, -0.15) is 0 Å². The fourth-order valence-corrected chi connectivity index (χ4v) is 3.61. The van der Waals surface area contributed by atoms with Crippen LogP contribution in [0.3, 0.4) is 0 Å². The molecule has 0 radical (unpaired) electrons. The van der Waals surface area contributed by atoms with Crippen LogP contribution in [0.1, 0.15) is 46.7 Å². The standard InChI is InChI=1S/C22H25FN2O3/c23-20-8-6-16(7-9-20)14-24-21(26)10-12-25-11-2-5-19(15-25)17-3-1-4-18(13-17)22(27)28/h1,3-4,6-9,13,19H,2,5,10-12,14-15H2,(H,24,26)(H,27,28). The Morgan fingerprint density at radius 3 is 2.71 bits per heavy atom. The lowest BCUT2D eigenvalue weighted by molar-refractivity contribution is -0.121. The molecule has 1 aliphatic heterocycles. The molecule has 2 aromatic carbocycles. The van der Waals surface area contributed by atoms with Gasteiger partial charge in [0.15, 0.2) is 0 Å². The van der Waals surface area contributed by atoms with Gasteiger partial charge < -0.3 is 15.3 Å². The summed E-state index contributed by atoms with van der Waals surface area (Å²) in [5, 5.41) is 12.0. The number of carbonyl (C=O) groups excluding carboxylic acids is 1. The third kappa shape index (κ3) is 5.63. The molecule has 1 saturated heterocycles. The summed E-state index contributed by atoms with van der Waals surface area (Å²) in [5.41, 5.74) is 2.23. The molecule has 6 heteroatoms. The number of halogens is 1. The molecule has 2 aromatic rings. The summed E-state index contributed by atoms with van der Waals surface area (Å²) >= 11 is 0. The van der Waals surface area contributed by atoms with Crippen molar-refractivity contribution in [3.8, 4) is 0 Å². The van der Waals surface area contributed by atoms with Crippen molar-refractivity contribution in [3.63, 3.8) is 0 Å². The van der Waals surface area contributed by atoms with E-state index >= 15 is 0 Å². The van der Waals surface area contributed by atoms with E-state index in [1.807, 2.05) is 6.07 Å². The van der Waals surface area contributed by atoms with E-state index in [0.29, 0.717) is 25.1 Å². The normalized spacial score (nSPS) is 17.2. The van der Waals surface area contributed by atoms with Gasteiger partial charge in [-0.3, -0.25) is 4.79 Å². The minimum absolute atomic E-state index is 0.0284. The molecule has 0 saturated carbocycles. The average molecular weight is 384 g/mol. The number of likely N-dealkylation sites (tertiary alicyclic amines) is 1. The van der Waals surface area contributed by atoms with Gasteiger partial charge in [0.1, 0.15) is 5.82 Å². The highest BCUT2D eigenvalue weighted by Crippen LogP contribution is 2.27. The van der Waals surface area contributed by atoms with E-state index in [1.165, 1.54) is 12.1 Å². The largest absolute Gasteiger partial charge is 0.478 e. The third-order valence-electron chi connectivity index (χ3n) is 5.17. The van der Waals surface area contributed by atoms with Crippen molar-refractivity contribution in [2.24, 2.45) is 0 Å². The number of rotatable bonds is 7. The molecule has 0 spiro atoms. The van der Waals surface area contributed by atoms with E-state index < -0.39 is 5.97 Å². The van der Waals surface area contributed by atoms with Crippen LogP contribution < -0.4 is 5.32 Å². The van der Waals surface area contributed by atoms with Gasteiger partial charge in [-0.25, -0.2) is 9.18 Å². The lowest BCUT2D eigenvalue weighted by Gasteiger charge is -2.33. The van der Waals surface area contributed by atoms with Crippen LogP contribution in [0, 0.1) is 5.82 Å². The zero-order valence-corrected chi connectivity index (χ0v) is 15.7. The number of carboxylic acid groups (broad SMARTS) is 1. The highest BCUT2D eigenvalue weighted by atomic mass is 19.1. The van der Waals surface area contributed by atoms with Crippen molar-refractivity contribution >= 4 is 11.9 Å². The first-order chi connectivity index (χ1) is 13.5. The molecule has 28 heavy (non-hydrogen) atoms. The number of piperidine rings is 1. The molecule has 3 rings (SSSR count). The van der Waals surface area contributed by atoms with Crippen LogP contribution in [-0.4, -0.2) is 41.5 Å². The first kappa shape index (κ1) is 20.0. The molecule has 148 valence electrons. The van der Waals surface area contributed by atoms with Crippen LogP contribution in [-0.2, 0) is 11.3 Å². The predicted octanol–water partition coefficient (Wildman–Crippen LogP) is 3.41. The minimum Gasteiger partial charge on any atom is -0.478 e. The van der Waals surface area contributed by atoms with E-state index in [9.17, 15) is 19.1 Å². The highest BCUT2D eigenvalue weighted by molar-refractivity contribution is 5.87. The Kier molecular flexibility index (Phi) is 6.76. The number of amides is 1. The van der Waals surface area contributed by atoms with Gasteiger partial charge in [0.05, 0.1) is 5.56 Å². The predicted molar refractivity (Wildman–Crippen MR) is 105 cm³/mol. The summed E-state index contributed by atoms with van der Waals surface area (Å²) in [6.45, 7) is 2.84. The number of aromatic carboxylic acids is 1. The molecule has 1 aliphatic rings. The quantitative estimate of drug-likeness (QED) is 0.768. The molecule has 0 bridgehead atoms. The number of hydrogen-bond donors (Lipinski definition) is 2.